The molecule has 5 nitrogen and oxygen atoms in total. The van der Waals surface area contributed by atoms with Crippen LogP contribution in [0, 0.1) is 11.8 Å². The highest BCUT2D eigenvalue weighted by Crippen LogP contribution is 2.33. The van der Waals surface area contributed by atoms with E-state index in [1.165, 1.54) is 0 Å². The highest BCUT2D eigenvalue weighted by atomic mass is 35.5. The van der Waals surface area contributed by atoms with Crippen LogP contribution in [0.3, 0.4) is 0 Å². The minimum absolute atomic E-state index is 0.197. The average molecular weight is 342 g/mol. The van der Waals surface area contributed by atoms with Crippen molar-refractivity contribution in [3.8, 4) is 0 Å². The van der Waals surface area contributed by atoms with E-state index < -0.39 is 5.92 Å². The lowest BCUT2D eigenvalue weighted by Crippen LogP contribution is -2.49. The lowest BCUT2D eigenvalue weighted by molar-refractivity contribution is -0.132. The molecule has 2 aliphatic heterocycles. The van der Waals surface area contributed by atoms with E-state index in [-0.39, 0.29) is 11.8 Å². The van der Waals surface area contributed by atoms with Crippen LogP contribution in [0.15, 0.2) is 18.2 Å². The number of nitrogens with one attached hydrogen (secondary N) is 2. The molecule has 1 atom stereocenters. The van der Waals surface area contributed by atoms with Gasteiger partial charge in [-0.1, -0.05) is 23.2 Å². The molecule has 2 fully saturated rings. The van der Waals surface area contributed by atoms with Gasteiger partial charge in [0, 0.05) is 37.1 Å². The van der Waals surface area contributed by atoms with E-state index in [2.05, 4.69) is 10.6 Å². The summed E-state index contributed by atoms with van der Waals surface area (Å²) in [5.74, 6) is -0.576. The van der Waals surface area contributed by atoms with Gasteiger partial charge in [0.1, 0.15) is 5.92 Å². The molecule has 22 heavy (non-hydrogen) atoms. The van der Waals surface area contributed by atoms with Gasteiger partial charge in [-0.2, -0.15) is 0 Å². The van der Waals surface area contributed by atoms with Crippen molar-refractivity contribution in [2.75, 3.05) is 31.1 Å². The molecule has 2 N–H and O–H groups in total. The smallest absolute Gasteiger partial charge is 0.239 e. The molecular weight excluding hydrogens is 325 g/mol. The van der Waals surface area contributed by atoms with Crippen molar-refractivity contribution in [1.29, 1.82) is 0 Å². The molecule has 0 radical (unpaired) electrons. The highest BCUT2D eigenvalue weighted by Gasteiger charge is 2.38. The lowest BCUT2D eigenvalue weighted by atomic mass is 10.0. The number of rotatable bonds is 4. The van der Waals surface area contributed by atoms with Crippen molar-refractivity contribution in [1.82, 2.24) is 10.6 Å². The predicted molar refractivity (Wildman–Crippen MR) is 86.3 cm³/mol. The van der Waals surface area contributed by atoms with Crippen LogP contribution in [0.5, 0.6) is 0 Å². The molecule has 1 unspecified atom stereocenters. The fourth-order valence-electron chi connectivity index (χ4n) is 2.72. The van der Waals surface area contributed by atoms with Crippen LogP contribution >= 0.6 is 23.2 Å². The van der Waals surface area contributed by atoms with E-state index in [1.807, 2.05) is 0 Å². The third-order valence-corrected chi connectivity index (χ3v) is 4.71. The Labute approximate surface area is 138 Å². The second kappa shape index (κ2) is 6.44. The summed E-state index contributed by atoms with van der Waals surface area (Å²) in [6.07, 6.45) is 0.496. The number of halogens is 2. The predicted octanol–water partition coefficient (Wildman–Crippen LogP) is 1.68. The number of hydrogen-bond acceptors (Lipinski definition) is 3. The number of carbonyl (C=O) groups is 2. The van der Waals surface area contributed by atoms with Gasteiger partial charge in [-0.25, -0.2) is 0 Å². The first kappa shape index (κ1) is 15.6. The van der Waals surface area contributed by atoms with Crippen LogP contribution in [0.2, 0.25) is 10.0 Å². The molecule has 0 spiro atoms. The number of hydrogen-bond donors (Lipinski definition) is 2. The summed E-state index contributed by atoms with van der Waals surface area (Å²) < 4.78 is 0. The maximum absolute atomic E-state index is 12.5. The molecule has 2 aliphatic rings. The Kier molecular flexibility index (Phi) is 4.57. The van der Waals surface area contributed by atoms with Crippen LogP contribution in [0.25, 0.3) is 0 Å². The maximum Gasteiger partial charge on any atom is 0.239 e. The van der Waals surface area contributed by atoms with Gasteiger partial charge in [0.05, 0.1) is 10.7 Å². The van der Waals surface area contributed by atoms with E-state index in [4.69, 9.17) is 23.2 Å². The topological polar surface area (TPSA) is 61.4 Å². The Morgan fingerprint density at radius 3 is 2.82 bits per heavy atom. The largest absolute Gasteiger partial charge is 0.355 e. The van der Waals surface area contributed by atoms with Gasteiger partial charge in [-0.05, 0) is 24.6 Å². The molecule has 2 saturated heterocycles. The number of carbonyl (C=O) groups excluding carboxylic acids is 2. The Hall–Kier alpha value is -1.30. The average Bonchev–Trinajstić information content (AvgIpc) is 2.81. The van der Waals surface area contributed by atoms with Crippen LogP contribution in [-0.2, 0) is 9.59 Å². The van der Waals surface area contributed by atoms with Crippen molar-refractivity contribution < 1.29 is 9.59 Å². The summed E-state index contributed by atoms with van der Waals surface area (Å²) in [5, 5.41) is 6.99. The summed E-state index contributed by atoms with van der Waals surface area (Å²) in [6.45, 7) is 2.93. The second-order valence-electron chi connectivity index (χ2n) is 5.70. The minimum atomic E-state index is -0.636. The third kappa shape index (κ3) is 3.07. The van der Waals surface area contributed by atoms with Gasteiger partial charge in [-0.3, -0.25) is 9.59 Å². The van der Waals surface area contributed by atoms with Crippen molar-refractivity contribution in [3.63, 3.8) is 0 Å². The molecule has 3 rings (SSSR count). The molecule has 7 heteroatoms. The molecule has 2 amide bonds. The molecule has 0 bridgehead atoms. The van der Waals surface area contributed by atoms with E-state index >= 15 is 0 Å². The molecule has 0 aromatic heterocycles. The van der Waals surface area contributed by atoms with Gasteiger partial charge < -0.3 is 15.5 Å². The van der Waals surface area contributed by atoms with Crippen molar-refractivity contribution in [3.05, 3.63) is 28.2 Å². The summed E-state index contributed by atoms with van der Waals surface area (Å²) in [7, 11) is 0. The van der Waals surface area contributed by atoms with Crippen LogP contribution < -0.4 is 15.5 Å². The number of nitrogens with zero attached hydrogens (tertiary/aromatic N) is 1. The van der Waals surface area contributed by atoms with Crippen LogP contribution in [-0.4, -0.2) is 38.0 Å². The normalized spacial score (nSPS) is 21.8. The van der Waals surface area contributed by atoms with Gasteiger partial charge in [0.15, 0.2) is 0 Å². The monoisotopic (exact) mass is 341 g/mol. The van der Waals surface area contributed by atoms with E-state index in [0.717, 1.165) is 13.1 Å². The Balaban J connectivity index is 1.66. The first-order chi connectivity index (χ1) is 10.6. The van der Waals surface area contributed by atoms with Gasteiger partial charge >= 0.3 is 0 Å². The van der Waals surface area contributed by atoms with Crippen LogP contribution in [0.4, 0.5) is 5.69 Å². The SMILES string of the molecule is O=C(NCC1CNC1)C1CCN(c2cc(Cl)ccc2Cl)C1=O. The van der Waals surface area contributed by atoms with E-state index in [1.54, 1.807) is 23.1 Å². The Morgan fingerprint density at radius 2 is 2.14 bits per heavy atom. The summed E-state index contributed by atoms with van der Waals surface area (Å²) >= 11 is 12.1. The minimum Gasteiger partial charge on any atom is -0.355 e. The number of anilines is 1. The number of amides is 2. The maximum atomic E-state index is 12.5. The zero-order chi connectivity index (χ0) is 15.7. The van der Waals surface area contributed by atoms with Crippen molar-refractivity contribution >= 4 is 40.7 Å². The van der Waals surface area contributed by atoms with Gasteiger partial charge in [0.25, 0.3) is 0 Å². The fourth-order valence-corrected chi connectivity index (χ4v) is 3.10. The zero-order valence-electron chi connectivity index (χ0n) is 11.9. The molecule has 118 valence electrons. The van der Waals surface area contributed by atoms with Gasteiger partial charge in [0.2, 0.25) is 11.8 Å². The van der Waals surface area contributed by atoms with Crippen molar-refractivity contribution in [2.24, 2.45) is 11.8 Å². The number of benzene rings is 1. The highest BCUT2D eigenvalue weighted by molar-refractivity contribution is 6.36. The Morgan fingerprint density at radius 1 is 1.36 bits per heavy atom. The molecule has 2 heterocycles. The molecular formula is C15H17Cl2N3O2. The van der Waals surface area contributed by atoms with E-state index in [0.29, 0.717) is 41.2 Å². The second-order valence-corrected chi connectivity index (χ2v) is 6.54. The zero-order valence-corrected chi connectivity index (χ0v) is 13.5. The summed E-state index contributed by atoms with van der Waals surface area (Å²) in [4.78, 5) is 26.2. The standard InChI is InChI=1S/C15H17Cl2N3O2/c16-10-1-2-12(17)13(5-10)20-4-3-11(15(20)22)14(21)19-8-9-6-18-7-9/h1-2,5,9,11,18H,3-4,6-8H2,(H,19,21). The molecule has 1 aromatic rings. The van der Waals surface area contributed by atoms with Gasteiger partial charge in [-0.15, -0.1) is 0 Å². The molecule has 0 saturated carbocycles. The first-order valence-corrected chi connectivity index (χ1v) is 8.06. The quantitative estimate of drug-likeness (QED) is 0.819. The third-order valence-electron chi connectivity index (χ3n) is 4.15. The Bertz CT molecular complexity index is 604. The summed E-state index contributed by atoms with van der Waals surface area (Å²) in [5.41, 5.74) is 0.567. The van der Waals surface area contributed by atoms with E-state index in [9.17, 15) is 9.59 Å². The molecule has 1 aromatic carbocycles. The lowest BCUT2D eigenvalue weighted by Gasteiger charge is -2.27. The van der Waals surface area contributed by atoms with Crippen LogP contribution in [0.1, 0.15) is 6.42 Å². The summed E-state index contributed by atoms with van der Waals surface area (Å²) in [6, 6.07) is 4.98. The first-order valence-electron chi connectivity index (χ1n) is 7.31. The fraction of sp³-hybridized carbons (Fsp3) is 0.467. The molecule has 0 aliphatic carbocycles. The van der Waals surface area contributed by atoms with Crippen molar-refractivity contribution in [2.45, 2.75) is 6.42 Å².